The molecule has 0 saturated carbocycles. The maximum atomic E-state index is 4.50. The molecule has 2 nitrogen and oxygen atoms in total. The van der Waals surface area contributed by atoms with Gasteiger partial charge in [0.05, 0.1) is 10.6 Å². The number of benzene rings is 1. The molecule has 0 radical (unpaired) electrons. The molecule has 0 aliphatic carbocycles. The lowest BCUT2D eigenvalue weighted by molar-refractivity contribution is 0.706. The van der Waals surface area contributed by atoms with E-state index >= 15 is 0 Å². The second-order valence-corrected chi connectivity index (χ2v) is 4.93. The van der Waals surface area contributed by atoms with Crippen LogP contribution in [0.25, 0.3) is 0 Å². The van der Waals surface area contributed by atoms with E-state index in [0.717, 1.165) is 6.54 Å². The van der Waals surface area contributed by atoms with Gasteiger partial charge in [0.1, 0.15) is 0 Å². The van der Waals surface area contributed by atoms with Gasteiger partial charge in [-0.05, 0) is 18.6 Å². The average molecular weight is 238 g/mol. The molecule has 1 heterocycles. The van der Waals surface area contributed by atoms with Gasteiger partial charge in [0.2, 0.25) is 0 Å². The molecule has 1 aliphatic rings. The fourth-order valence-electron chi connectivity index (χ4n) is 1.46. The molecule has 0 bridgehead atoms. The molecule has 1 aliphatic heterocycles. The first kappa shape index (κ1) is 13.4. The maximum Gasteiger partial charge on any atom is 0.0880 e. The fraction of sp³-hybridized carbons (Fsp3) is 0.538. The Hall–Kier alpha value is -0.670. The lowest BCUT2D eigenvalue weighted by atomic mass is 10.3. The summed E-state index contributed by atoms with van der Waals surface area (Å²) < 4.78 is 7.97. The van der Waals surface area contributed by atoms with Crippen LogP contribution in [0.5, 0.6) is 0 Å². The molecule has 0 spiro atoms. The monoisotopic (exact) mass is 238 g/mol. The Morgan fingerprint density at radius 2 is 1.94 bits per heavy atom. The van der Waals surface area contributed by atoms with E-state index < -0.39 is 0 Å². The highest BCUT2D eigenvalue weighted by Gasteiger charge is 2.14. The summed E-state index contributed by atoms with van der Waals surface area (Å²) in [5, 5.41) is 0. The van der Waals surface area contributed by atoms with Crippen LogP contribution in [0.3, 0.4) is 0 Å². The molecule has 2 rings (SSSR count). The quantitative estimate of drug-likeness (QED) is 0.763. The van der Waals surface area contributed by atoms with Crippen molar-refractivity contribution in [1.82, 2.24) is 4.72 Å². The van der Waals surface area contributed by atoms with Crippen molar-refractivity contribution in [3.8, 4) is 0 Å². The summed E-state index contributed by atoms with van der Waals surface area (Å²) >= 11 is 0. The van der Waals surface area contributed by atoms with Crippen molar-refractivity contribution in [2.45, 2.75) is 44.9 Å². The van der Waals surface area contributed by atoms with Crippen LogP contribution in [0.4, 0.5) is 5.69 Å². The van der Waals surface area contributed by atoms with Crippen molar-refractivity contribution >= 4 is 16.6 Å². The van der Waals surface area contributed by atoms with Crippen LogP contribution in [0.1, 0.15) is 40.0 Å². The second-order valence-electron chi connectivity index (χ2n) is 3.45. The van der Waals surface area contributed by atoms with E-state index in [4.69, 9.17) is 0 Å². The molecule has 0 fully saturated rings. The molecule has 0 saturated heterocycles. The Morgan fingerprint density at radius 1 is 1.19 bits per heavy atom. The molecule has 90 valence electrons. The number of fused-ring (bicyclic) bond motifs is 1. The van der Waals surface area contributed by atoms with Crippen molar-refractivity contribution in [1.29, 1.82) is 0 Å². The Bertz CT molecular complexity index is 348. The number of nitrogens with zero attached hydrogens (tertiary/aromatic N) is 1. The first-order chi connectivity index (χ1) is 7.92. The van der Waals surface area contributed by atoms with E-state index in [2.05, 4.69) is 34.2 Å². The van der Waals surface area contributed by atoms with Gasteiger partial charge in [-0.1, -0.05) is 45.7 Å². The van der Waals surface area contributed by atoms with Crippen LogP contribution < -0.4 is 4.72 Å². The summed E-state index contributed by atoms with van der Waals surface area (Å²) in [6.45, 7) is 7.32. The van der Waals surface area contributed by atoms with Crippen molar-refractivity contribution in [3.05, 3.63) is 24.3 Å². The molecule has 0 aromatic heterocycles. The van der Waals surface area contributed by atoms with Crippen molar-refractivity contribution < 1.29 is 0 Å². The van der Waals surface area contributed by atoms with Crippen molar-refractivity contribution in [2.75, 3.05) is 6.54 Å². The third-order valence-corrected chi connectivity index (χ3v) is 3.90. The molecule has 16 heavy (non-hydrogen) atoms. The summed E-state index contributed by atoms with van der Waals surface area (Å²) in [6.07, 6.45) is 3.85. The lowest BCUT2D eigenvalue weighted by Gasteiger charge is -2.19. The highest BCUT2D eigenvalue weighted by molar-refractivity contribution is 7.86. The topological polar surface area (TPSA) is 24.4 Å². The van der Waals surface area contributed by atoms with Gasteiger partial charge in [-0.3, -0.25) is 4.72 Å². The van der Waals surface area contributed by atoms with Gasteiger partial charge < -0.3 is 0 Å². The van der Waals surface area contributed by atoms with Crippen molar-refractivity contribution in [2.24, 2.45) is 4.36 Å². The molecule has 1 aromatic carbocycles. The minimum atomic E-state index is 0.000161. The van der Waals surface area contributed by atoms with Gasteiger partial charge in [0, 0.05) is 17.4 Å². The van der Waals surface area contributed by atoms with Crippen LogP contribution in [-0.2, 0) is 10.9 Å². The Balaban J connectivity index is 0.000000606. The van der Waals surface area contributed by atoms with E-state index in [1.165, 1.54) is 29.8 Å². The summed E-state index contributed by atoms with van der Waals surface area (Å²) in [6, 6.07) is 8.37. The van der Waals surface area contributed by atoms with Gasteiger partial charge in [0.15, 0.2) is 0 Å². The van der Waals surface area contributed by atoms with Gasteiger partial charge in [-0.2, -0.15) is 0 Å². The van der Waals surface area contributed by atoms with Crippen LogP contribution >= 0.6 is 0 Å². The number of unbranched alkanes of at least 4 members (excludes halogenated alkanes) is 2. The molecule has 1 aromatic rings. The molecular formula is C13H22N2S. The van der Waals surface area contributed by atoms with E-state index in [1.54, 1.807) is 0 Å². The summed E-state index contributed by atoms with van der Waals surface area (Å²) in [5.74, 6) is 0. The van der Waals surface area contributed by atoms with Crippen LogP contribution in [0, 0.1) is 0 Å². The second kappa shape index (κ2) is 7.58. The minimum Gasteiger partial charge on any atom is -0.251 e. The fourth-order valence-corrected chi connectivity index (χ4v) is 2.86. The Morgan fingerprint density at radius 3 is 2.62 bits per heavy atom. The predicted molar refractivity (Wildman–Crippen MR) is 73.0 cm³/mol. The number of hydrogen-bond acceptors (Lipinski definition) is 2. The van der Waals surface area contributed by atoms with Crippen LogP contribution in [-0.4, -0.2) is 6.54 Å². The van der Waals surface area contributed by atoms with Crippen molar-refractivity contribution in [3.63, 3.8) is 0 Å². The molecule has 1 atom stereocenters. The molecule has 1 unspecified atom stereocenters. The first-order valence-corrected chi connectivity index (χ1v) is 7.38. The largest absolute Gasteiger partial charge is 0.251 e. The van der Waals surface area contributed by atoms with Gasteiger partial charge in [-0.15, -0.1) is 0 Å². The Labute approximate surface area is 102 Å². The third kappa shape index (κ3) is 3.42. The van der Waals surface area contributed by atoms with E-state index in [9.17, 15) is 0 Å². The van der Waals surface area contributed by atoms with E-state index in [1.807, 2.05) is 19.9 Å². The number of nitrogens with one attached hydrogen (secondary N) is 1. The zero-order chi connectivity index (χ0) is 11.8. The summed E-state index contributed by atoms with van der Waals surface area (Å²) in [7, 11) is 0.000161. The van der Waals surface area contributed by atoms with E-state index in [0.29, 0.717) is 0 Å². The molecule has 0 amide bonds. The number of hydrogen-bond donors (Lipinski definition) is 1. The minimum absolute atomic E-state index is 0.000161. The van der Waals surface area contributed by atoms with E-state index in [-0.39, 0.29) is 10.9 Å². The summed E-state index contributed by atoms with van der Waals surface area (Å²) in [5.41, 5.74) is 1.17. The smallest absolute Gasteiger partial charge is 0.0880 e. The maximum absolute atomic E-state index is 4.50. The lowest BCUT2D eigenvalue weighted by Crippen LogP contribution is -2.21. The average Bonchev–Trinajstić information content (AvgIpc) is 2.32. The predicted octanol–water partition coefficient (Wildman–Crippen LogP) is 4.21. The highest BCUT2D eigenvalue weighted by Crippen LogP contribution is 2.32. The Kier molecular flexibility index (Phi) is 6.34. The van der Waals surface area contributed by atoms with Gasteiger partial charge >= 0.3 is 0 Å². The van der Waals surface area contributed by atoms with Crippen LogP contribution in [0.2, 0.25) is 0 Å². The SMILES string of the molecule is CC.CCCCCNS1=Nc2ccccc21. The first-order valence-electron chi connectivity index (χ1n) is 6.20. The standard InChI is InChI=1S/C11H16N2S.C2H6/c1-2-3-6-9-12-14-11-8-5-4-7-10(11)13-14;1-2/h4-5,7-8H,2-3,6,9H2,1H3,(H,12,13);1-2H3. The zero-order valence-corrected chi connectivity index (χ0v) is 11.3. The summed E-state index contributed by atoms with van der Waals surface area (Å²) in [4.78, 5) is 1.38. The number of rotatable bonds is 5. The van der Waals surface area contributed by atoms with Gasteiger partial charge in [0.25, 0.3) is 0 Å². The van der Waals surface area contributed by atoms with Gasteiger partial charge in [-0.25, -0.2) is 4.36 Å². The molecule has 1 N–H and O–H groups in total. The molecular weight excluding hydrogens is 216 g/mol. The van der Waals surface area contributed by atoms with Crippen LogP contribution in [0.15, 0.2) is 33.5 Å². The third-order valence-electron chi connectivity index (χ3n) is 2.28. The highest BCUT2D eigenvalue weighted by atomic mass is 32.2. The normalized spacial score (nSPS) is 16.3. The molecule has 3 heteroatoms. The zero-order valence-electron chi connectivity index (χ0n) is 10.5.